The van der Waals surface area contributed by atoms with E-state index >= 15 is 0 Å². The summed E-state index contributed by atoms with van der Waals surface area (Å²) in [4.78, 5) is 4.40. The van der Waals surface area contributed by atoms with Crippen LogP contribution in [0.3, 0.4) is 0 Å². The molecule has 1 heterocycles. The fraction of sp³-hybridized carbons (Fsp3) is 0.250. The second-order valence-corrected chi connectivity index (χ2v) is 4.34. The van der Waals surface area contributed by atoms with E-state index < -0.39 is 0 Å². The van der Waals surface area contributed by atoms with E-state index in [1.165, 1.54) is 0 Å². The van der Waals surface area contributed by atoms with Crippen LogP contribution in [-0.2, 0) is 13.7 Å². The number of rotatable bonds is 3. The first kappa shape index (κ1) is 12.1. The van der Waals surface area contributed by atoms with Crippen molar-refractivity contribution in [1.82, 2.24) is 9.55 Å². The SMILES string of the molecule is COc1ccccc1-c1nc(Br)c(CO)n1C. The van der Waals surface area contributed by atoms with E-state index in [1.807, 2.05) is 35.9 Å². The molecule has 0 amide bonds. The van der Waals surface area contributed by atoms with Gasteiger partial charge in [0, 0.05) is 7.05 Å². The molecule has 0 atom stereocenters. The average molecular weight is 297 g/mol. The predicted octanol–water partition coefficient (Wildman–Crippen LogP) is 2.35. The van der Waals surface area contributed by atoms with Gasteiger partial charge < -0.3 is 14.4 Å². The minimum atomic E-state index is -0.0563. The third kappa shape index (κ3) is 2.08. The van der Waals surface area contributed by atoms with Crippen LogP contribution in [0.1, 0.15) is 5.69 Å². The van der Waals surface area contributed by atoms with Gasteiger partial charge in [0.25, 0.3) is 0 Å². The number of benzene rings is 1. The van der Waals surface area contributed by atoms with Crippen LogP contribution in [0, 0.1) is 0 Å². The molecule has 0 saturated heterocycles. The molecule has 0 radical (unpaired) electrons. The largest absolute Gasteiger partial charge is 0.496 e. The van der Waals surface area contributed by atoms with Gasteiger partial charge in [0.15, 0.2) is 0 Å². The van der Waals surface area contributed by atoms with Gasteiger partial charge in [-0.15, -0.1) is 0 Å². The normalized spacial score (nSPS) is 10.6. The average Bonchev–Trinajstić information content (AvgIpc) is 2.64. The van der Waals surface area contributed by atoms with Gasteiger partial charge >= 0.3 is 0 Å². The van der Waals surface area contributed by atoms with E-state index in [4.69, 9.17) is 4.74 Å². The lowest BCUT2D eigenvalue weighted by atomic mass is 10.2. The zero-order valence-corrected chi connectivity index (χ0v) is 11.2. The van der Waals surface area contributed by atoms with Gasteiger partial charge in [-0.3, -0.25) is 0 Å². The molecule has 1 N–H and O–H groups in total. The molecule has 90 valence electrons. The molecule has 0 aliphatic rings. The van der Waals surface area contributed by atoms with Crippen LogP contribution in [0.5, 0.6) is 5.75 Å². The molecule has 0 aliphatic heterocycles. The van der Waals surface area contributed by atoms with Crippen molar-refractivity contribution in [2.45, 2.75) is 6.61 Å². The summed E-state index contributed by atoms with van der Waals surface area (Å²) < 4.78 is 7.81. The molecule has 2 aromatic rings. The Kier molecular flexibility index (Phi) is 3.49. The Morgan fingerprint density at radius 2 is 2.12 bits per heavy atom. The molecule has 1 aromatic heterocycles. The van der Waals surface area contributed by atoms with Gasteiger partial charge in [-0.05, 0) is 28.1 Å². The molecule has 5 heteroatoms. The Labute approximate surface area is 108 Å². The van der Waals surface area contributed by atoms with Crippen molar-refractivity contribution in [2.24, 2.45) is 7.05 Å². The van der Waals surface area contributed by atoms with Crippen LogP contribution in [0.25, 0.3) is 11.4 Å². The summed E-state index contributed by atoms with van der Waals surface area (Å²) in [6.07, 6.45) is 0. The summed E-state index contributed by atoms with van der Waals surface area (Å²) in [5, 5.41) is 9.26. The van der Waals surface area contributed by atoms with Gasteiger partial charge in [-0.1, -0.05) is 12.1 Å². The van der Waals surface area contributed by atoms with E-state index in [1.54, 1.807) is 7.11 Å². The zero-order chi connectivity index (χ0) is 12.4. The van der Waals surface area contributed by atoms with Crippen LogP contribution < -0.4 is 4.74 Å². The van der Waals surface area contributed by atoms with E-state index in [0.29, 0.717) is 4.60 Å². The van der Waals surface area contributed by atoms with Crippen LogP contribution in [0.2, 0.25) is 0 Å². The van der Waals surface area contributed by atoms with E-state index in [9.17, 15) is 5.11 Å². The first-order valence-electron chi connectivity index (χ1n) is 5.14. The molecule has 17 heavy (non-hydrogen) atoms. The number of aromatic nitrogens is 2. The number of hydrogen-bond acceptors (Lipinski definition) is 3. The molecule has 1 aromatic carbocycles. The van der Waals surface area contributed by atoms with Crippen LogP contribution in [0.4, 0.5) is 0 Å². The van der Waals surface area contributed by atoms with Gasteiger partial charge in [0.1, 0.15) is 16.2 Å². The molecule has 0 bridgehead atoms. The van der Waals surface area contributed by atoms with Crippen LogP contribution in [0.15, 0.2) is 28.9 Å². The minimum Gasteiger partial charge on any atom is -0.496 e. The van der Waals surface area contributed by atoms with E-state index in [-0.39, 0.29) is 6.61 Å². The molecule has 0 saturated carbocycles. The lowest BCUT2D eigenvalue weighted by Crippen LogP contribution is -1.99. The Balaban J connectivity index is 2.61. The number of imidazole rings is 1. The van der Waals surface area contributed by atoms with Crippen molar-refractivity contribution in [3.05, 3.63) is 34.6 Å². The van der Waals surface area contributed by atoms with E-state index in [0.717, 1.165) is 22.8 Å². The second-order valence-electron chi connectivity index (χ2n) is 3.59. The monoisotopic (exact) mass is 296 g/mol. The fourth-order valence-corrected chi connectivity index (χ4v) is 2.30. The summed E-state index contributed by atoms with van der Waals surface area (Å²) >= 11 is 3.34. The molecule has 0 fully saturated rings. The van der Waals surface area contributed by atoms with Gasteiger partial charge in [-0.2, -0.15) is 0 Å². The maximum Gasteiger partial charge on any atom is 0.145 e. The smallest absolute Gasteiger partial charge is 0.145 e. The number of nitrogens with zero attached hydrogens (tertiary/aromatic N) is 2. The summed E-state index contributed by atoms with van der Waals surface area (Å²) in [7, 11) is 3.49. The standard InChI is InChI=1S/C12H13BrN2O2/c1-15-9(7-16)11(13)14-12(15)8-5-3-4-6-10(8)17-2/h3-6,16H,7H2,1-2H3. The highest BCUT2D eigenvalue weighted by Crippen LogP contribution is 2.31. The Morgan fingerprint density at radius 3 is 2.71 bits per heavy atom. The quantitative estimate of drug-likeness (QED) is 0.946. The van der Waals surface area contributed by atoms with Crippen molar-refractivity contribution in [1.29, 1.82) is 0 Å². The molecular weight excluding hydrogens is 284 g/mol. The Hall–Kier alpha value is -1.33. The first-order valence-corrected chi connectivity index (χ1v) is 5.93. The molecule has 0 spiro atoms. The highest BCUT2D eigenvalue weighted by atomic mass is 79.9. The Morgan fingerprint density at radius 1 is 1.41 bits per heavy atom. The topological polar surface area (TPSA) is 47.3 Å². The fourth-order valence-electron chi connectivity index (χ4n) is 1.74. The summed E-state index contributed by atoms with van der Waals surface area (Å²) in [5.74, 6) is 1.52. The molecule has 2 rings (SSSR count). The van der Waals surface area contributed by atoms with Crippen molar-refractivity contribution in [3.63, 3.8) is 0 Å². The lowest BCUT2D eigenvalue weighted by molar-refractivity contribution is 0.272. The maximum atomic E-state index is 9.26. The third-order valence-electron chi connectivity index (χ3n) is 2.66. The van der Waals surface area contributed by atoms with Crippen molar-refractivity contribution < 1.29 is 9.84 Å². The second kappa shape index (κ2) is 4.89. The molecule has 0 aliphatic carbocycles. The lowest BCUT2D eigenvalue weighted by Gasteiger charge is -2.08. The number of hydrogen-bond donors (Lipinski definition) is 1. The number of ether oxygens (including phenoxy) is 1. The number of halogens is 1. The van der Waals surface area contributed by atoms with Gasteiger partial charge in [0.05, 0.1) is 25.0 Å². The molecule has 4 nitrogen and oxygen atoms in total. The van der Waals surface area contributed by atoms with Crippen molar-refractivity contribution in [3.8, 4) is 17.1 Å². The number of aliphatic hydroxyl groups is 1. The van der Waals surface area contributed by atoms with Crippen molar-refractivity contribution >= 4 is 15.9 Å². The number of para-hydroxylation sites is 1. The third-order valence-corrected chi connectivity index (χ3v) is 3.30. The number of methoxy groups -OCH3 is 1. The zero-order valence-electron chi connectivity index (χ0n) is 9.64. The van der Waals surface area contributed by atoms with Gasteiger partial charge in [-0.25, -0.2) is 4.98 Å². The first-order chi connectivity index (χ1) is 8.19. The highest BCUT2D eigenvalue weighted by molar-refractivity contribution is 9.10. The maximum absolute atomic E-state index is 9.26. The summed E-state index contributed by atoms with van der Waals surface area (Å²) in [5.41, 5.74) is 1.64. The molecular formula is C12H13BrN2O2. The van der Waals surface area contributed by atoms with Crippen LogP contribution in [-0.4, -0.2) is 21.8 Å². The predicted molar refractivity (Wildman–Crippen MR) is 68.8 cm³/mol. The van der Waals surface area contributed by atoms with Crippen LogP contribution >= 0.6 is 15.9 Å². The summed E-state index contributed by atoms with van der Waals surface area (Å²) in [6, 6.07) is 7.66. The van der Waals surface area contributed by atoms with Gasteiger partial charge in [0.2, 0.25) is 0 Å². The minimum absolute atomic E-state index is 0.0563. The van der Waals surface area contributed by atoms with E-state index in [2.05, 4.69) is 20.9 Å². The Bertz CT molecular complexity index is 537. The highest BCUT2D eigenvalue weighted by Gasteiger charge is 2.15. The van der Waals surface area contributed by atoms with Crippen molar-refractivity contribution in [2.75, 3.05) is 7.11 Å². The number of aliphatic hydroxyl groups excluding tert-OH is 1. The summed E-state index contributed by atoms with van der Waals surface area (Å²) in [6.45, 7) is -0.0563. The molecule has 0 unspecified atom stereocenters.